The fourth-order valence-electron chi connectivity index (χ4n) is 1.49. The van der Waals surface area contributed by atoms with Crippen LogP contribution >= 0.6 is 0 Å². The van der Waals surface area contributed by atoms with Crippen LogP contribution in [-0.2, 0) is 17.5 Å². The Morgan fingerprint density at radius 3 is 2.37 bits per heavy atom. The fourth-order valence-corrected chi connectivity index (χ4v) is 1.49. The number of aromatic nitrogens is 1. The molecule has 0 atom stereocenters. The van der Waals surface area contributed by atoms with E-state index in [1.54, 1.807) is 20.8 Å². The van der Waals surface area contributed by atoms with Crippen molar-refractivity contribution >= 4 is 5.91 Å². The first-order chi connectivity index (χ1) is 8.50. The summed E-state index contributed by atoms with van der Waals surface area (Å²) in [5.74, 6) is -0.520. The summed E-state index contributed by atoms with van der Waals surface area (Å²) < 4.78 is 38.3. The molecule has 0 saturated carbocycles. The third-order valence-corrected chi connectivity index (χ3v) is 2.15. The number of hydrogen-bond donors (Lipinski definition) is 1. The number of nitrogens with one attached hydrogen (secondary N) is 1. The molecule has 0 bridgehead atoms. The van der Waals surface area contributed by atoms with Gasteiger partial charge in [0.25, 0.3) is 5.56 Å². The number of hydrogen-bond acceptors (Lipinski definition) is 2. The molecule has 0 aromatic carbocycles. The molecule has 0 aliphatic rings. The molecule has 1 aromatic heterocycles. The minimum absolute atomic E-state index is 0.444. The van der Waals surface area contributed by atoms with Crippen molar-refractivity contribution in [1.82, 2.24) is 9.88 Å². The second kappa shape index (κ2) is 5.07. The molecule has 1 heterocycles. The van der Waals surface area contributed by atoms with E-state index in [2.05, 4.69) is 5.32 Å². The van der Waals surface area contributed by atoms with Crippen molar-refractivity contribution in [3.8, 4) is 0 Å². The van der Waals surface area contributed by atoms with Crippen LogP contribution in [-0.4, -0.2) is 16.0 Å². The van der Waals surface area contributed by atoms with E-state index < -0.39 is 35.3 Å². The minimum atomic E-state index is -4.72. The normalized spacial score (nSPS) is 12.3. The van der Waals surface area contributed by atoms with E-state index in [1.165, 1.54) is 0 Å². The van der Waals surface area contributed by atoms with Crippen molar-refractivity contribution in [1.29, 1.82) is 0 Å². The minimum Gasteiger partial charge on any atom is -0.350 e. The van der Waals surface area contributed by atoms with Crippen molar-refractivity contribution in [3.63, 3.8) is 0 Å². The molecule has 0 aliphatic heterocycles. The molecule has 1 rings (SSSR count). The molecular weight excluding hydrogens is 261 g/mol. The molecule has 0 unspecified atom stereocenters. The highest BCUT2D eigenvalue weighted by molar-refractivity contribution is 5.76. The molecule has 106 valence electrons. The van der Waals surface area contributed by atoms with Crippen LogP contribution in [0.3, 0.4) is 0 Å². The van der Waals surface area contributed by atoms with Crippen molar-refractivity contribution in [2.75, 3.05) is 0 Å². The Bertz CT molecular complexity index is 527. The first-order valence-corrected chi connectivity index (χ1v) is 5.58. The standard InChI is InChI=1S/C12H15F3N2O2/c1-11(2,3)16-9(18)7-17-6-4-5-8(10(17)19)12(13,14)15/h4-6H,7H2,1-3H3,(H,16,18). The van der Waals surface area contributed by atoms with Gasteiger partial charge in [0, 0.05) is 11.7 Å². The van der Waals surface area contributed by atoms with Gasteiger partial charge < -0.3 is 9.88 Å². The maximum atomic E-state index is 12.5. The van der Waals surface area contributed by atoms with Crippen LogP contribution < -0.4 is 10.9 Å². The lowest BCUT2D eigenvalue weighted by Gasteiger charge is -2.21. The fraction of sp³-hybridized carbons (Fsp3) is 0.500. The quantitative estimate of drug-likeness (QED) is 0.895. The molecule has 0 aliphatic carbocycles. The Hall–Kier alpha value is -1.79. The van der Waals surface area contributed by atoms with Crippen LogP contribution in [0.1, 0.15) is 26.3 Å². The first-order valence-electron chi connectivity index (χ1n) is 5.58. The Kier molecular flexibility index (Phi) is 4.07. The third-order valence-electron chi connectivity index (χ3n) is 2.15. The predicted molar refractivity (Wildman–Crippen MR) is 63.6 cm³/mol. The van der Waals surface area contributed by atoms with Gasteiger partial charge in [-0.15, -0.1) is 0 Å². The number of carbonyl (C=O) groups is 1. The topological polar surface area (TPSA) is 51.1 Å². The largest absolute Gasteiger partial charge is 0.421 e. The van der Waals surface area contributed by atoms with Gasteiger partial charge in [0.1, 0.15) is 12.1 Å². The van der Waals surface area contributed by atoms with Gasteiger partial charge in [0.2, 0.25) is 5.91 Å². The molecule has 1 N–H and O–H groups in total. The zero-order valence-corrected chi connectivity index (χ0v) is 10.8. The summed E-state index contributed by atoms with van der Waals surface area (Å²) in [4.78, 5) is 23.2. The number of halogens is 3. The van der Waals surface area contributed by atoms with E-state index in [4.69, 9.17) is 0 Å². The van der Waals surface area contributed by atoms with Gasteiger partial charge in [-0.1, -0.05) is 0 Å². The molecule has 4 nitrogen and oxygen atoms in total. The monoisotopic (exact) mass is 276 g/mol. The van der Waals surface area contributed by atoms with Gasteiger partial charge in [-0.2, -0.15) is 13.2 Å². The van der Waals surface area contributed by atoms with Crippen LogP contribution in [0.2, 0.25) is 0 Å². The lowest BCUT2D eigenvalue weighted by Crippen LogP contribution is -2.43. The Morgan fingerprint density at radius 2 is 1.89 bits per heavy atom. The van der Waals surface area contributed by atoms with Crippen molar-refractivity contribution in [2.24, 2.45) is 0 Å². The van der Waals surface area contributed by atoms with Crippen LogP contribution in [0, 0.1) is 0 Å². The molecule has 7 heteroatoms. The summed E-state index contributed by atoms with van der Waals surface area (Å²) in [7, 11) is 0. The van der Waals surface area contributed by atoms with E-state index in [0.717, 1.165) is 16.8 Å². The van der Waals surface area contributed by atoms with Gasteiger partial charge in [-0.05, 0) is 32.9 Å². The lowest BCUT2D eigenvalue weighted by atomic mass is 10.1. The highest BCUT2D eigenvalue weighted by atomic mass is 19.4. The summed E-state index contributed by atoms with van der Waals surface area (Å²) in [6, 6.07) is 1.79. The van der Waals surface area contributed by atoms with Gasteiger partial charge in [-0.25, -0.2) is 0 Å². The van der Waals surface area contributed by atoms with Crippen molar-refractivity contribution < 1.29 is 18.0 Å². The summed E-state index contributed by atoms with van der Waals surface area (Å²) in [6.07, 6.45) is -3.57. The zero-order chi connectivity index (χ0) is 14.8. The van der Waals surface area contributed by atoms with Gasteiger partial charge >= 0.3 is 6.18 Å². The van der Waals surface area contributed by atoms with E-state index >= 15 is 0 Å². The molecule has 1 amide bonds. The summed E-state index contributed by atoms with van der Waals surface area (Å²) >= 11 is 0. The molecule has 1 aromatic rings. The summed E-state index contributed by atoms with van der Waals surface area (Å²) in [6.45, 7) is 4.76. The van der Waals surface area contributed by atoms with E-state index in [9.17, 15) is 22.8 Å². The average Bonchev–Trinajstić information content (AvgIpc) is 2.16. The maximum Gasteiger partial charge on any atom is 0.421 e. The average molecular weight is 276 g/mol. The molecule has 0 saturated heterocycles. The van der Waals surface area contributed by atoms with Crippen molar-refractivity contribution in [3.05, 3.63) is 34.2 Å². The van der Waals surface area contributed by atoms with E-state index in [0.29, 0.717) is 6.07 Å². The summed E-state index contributed by atoms with van der Waals surface area (Å²) in [5, 5.41) is 2.57. The predicted octanol–water partition coefficient (Wildman–Crippen LogP) is 1.78. The smallest absolute Gasteiger partial charge is 0.350 e. The van der Waals surface area contributed by atoms with Crippen molar-refractivity contribution in [2.45, 2.75) is 39.0 Å². The molecule has 0 radical (unpaired) electrons. The Balaban J connectivity index is 2.99. The van der Waals surface area contributed by atoms with Gasteiger partial charge in [-0.3, -0.25) is 9.59 Å². The Labute approximate surface area is 108 Å². The molecular formula is C12H15F3N2O2. The lowest BCUT2D eigenvalue weighted by molar-refractivity contribution is -0.139. The number of pyridine rings is 1. The number of amides is 1. The number of alkyl halides is 3. The first kappa shape index (κ1) is 15.3. The van der Waals surface area contributed by atoms with Gasteiger partial charge in [0.05, 0.1) is 0 Å². The zero-order valence-electron chi connectivity index (χ0n) is 10.8. The second-order valence-corrected chi connectivity index (χ2v) is 5.15. The number of nitrogens with zero attached hydrogens (tertiary/aromatic N) is 1. The Morgan fingerprint density at radius 1 is 1.32 bits per heavy atom. The molecule has 0 spiro atoms. The maximum absolute atomic E-state index is 12.5. The van der Waals surface area contributed by atoms with Crippen LogP contribution in [0.4, 0.5) is 13.2 Å². The summed E-state index contributed by atoms with van der Waals surface area (Å²) in [5.41, 5.74) is -3.01. The third kappa shape index (κ3) is 4.42. The van der Waals surface area contributed by atoms with Crippen LogP contribution in [0.15, 0.2) is 23.1 Å². The van der Waals surface area contributed by atoms with E-state index in [1.807, 2.05) is 0 Å². The number of carbonyl (C=O) groups excluding carboxylic acids is 1. The van der Waals surface area contributed by atoms with E-state index in [-0.39, 0.29) is 0 Å². The van der Waals surface area contributed by atoms with Crippen LogP contribution in [0.25, 0.3) is 0 Å². The molecule has 0 fully saturated rings. The SMILES string of the molecule is CC(C)(C)NC(=O)Cn1cccc(C(F)(F)F)c1=O. The molecule has 19 heavy (non-hydrogen) atoms. The van der Waals surface area contributed by atoms with Crippen LogP contribution in [0.5, 0.6) is 0 Å². The number of rotatable bonds is 2. The van der Waals surface area contributed by atoms with Gasteiger partial charge in [0.15, 0.2) is 0 Å². The highest BCUT2D eigenvalue weighted by Crippen LogP contribution is 2.25. The highest BCUT2D eigenvalue weighted by Gasteiger charge is 2.34. The second-order valence-electron chi connectivity index (χ2n) is 5.15.